The highest BCUT2D eigenvalue weighted by atomic mass is 19.4. The van der Waals surface area contributed by atoms with Crippen molar-refractivity contribution in [2.75, 3.05) is 13.2 Å². The van der Waals surface area contributed by atoms with Crippen molar-refractivity contribution in [3.05, 3.63) is 12.7 Å². The molecule has 1 aliphatic heterocycles. The molecule has 0 saturated carbocycles. The van der Waals surface area contributed by atoms with E-state index in [0.29, 0.717) is 0 Å². The smallest absolute Gasteiger partial charge is 0.372 e. The number of hydrogen-bond donors (Lipinski definition) is 0. The van der Waals surface area contributed by atoms with Gasteiger partial charge in [-0.3, -0.25) is 4.79 Å². The van der Waals surface area contributed by atoms with Gasteiger partial charge >= 0.3 is 12.1 Å². The Labute approximate surface area is 99.5 Å². The van der Waals surface area contributed by atoms with Crippen LogP contribution in [0.2, 0.25) is 0 Å². The van der Waals surface area contributed by atoms with E-state index in [0.717, 1.165) is 6.08 Å². The predicted molar refractivity (Wildman–Crippen MR) is 50.3 cm³/mol. The highest BCUT2D eigenvalue weighted by Gasteiger charge is 2.67. The minimum atomic E-state index is -5.68. The highest BCUT2D eigenvalue weighted by molar-refractivity contribution is 5.89. The lowest BCUT2D eigenvalue weighted by atomic mass is 10.0. The molecule has 1 aliphatic rings. The summed E-state index contributed by atoms with van der Waals surface area (Å²) in [5.74, 6) is -5.34. The van der Waals surface area contributed by atoms with Gasteiger partial charge in [-0.15, -0.1) is 0 Å². The lowest BCUT2D eigenvalue weighted by Gasteiger charge is -2.41. The Balaban J connectivity index is 2.46. The molecule has 0 aromatic carbocycles. The molecule has 1 saturated heterocycles. The molecule has 8 heteroatoms. The maximum Gasteiger partial charge on any atom is 0.456 e. The van der Waals surface area contributed by atoms with Gasteiger partial charge in [0.15, 0.2) is 11.9 Å². The molecule has 1 heterocycles. The fourth-order valence-electron chi connectivity index (χ4n) is 1.32. The van der Waals surface area contributed by atoms with Crippen LogP contribution in [0.3, 0.4) is 0 Å². The minimum Gasteiger partial charge on any atom is -0.372 e. The molecule has 0 aromatic rings. The predicted octanol–water partition coefficient (Wildman–Crippen LogP) is 2.11. The normalized spacial score (nSPS) is 24.5. The Morgan fingerprint density at radius 3 is 2.39 bits per heavy atom. The molecule has 0 aromatic heterocycles. The van der Waals surface area contributed by atoms with Crippen LogP contribution in [-0.4, -0.2) is 43.3 Å². The van der Waals surface area contributed by atoms with Crippen molar-refractivity contribution in [3.8, 4) is 0 Å². The summed E-state index contributed by atoms with van der Waals surface area (Å²) in [5.41, 5.74) is 0. The van der Waals surface area contributed by atoms with Crippen LogP contribution in [0.15, 0.2) is 12.7 Å². The van der Waals surface area contributed by atoms with Crippen LogP contribution in [0.4, 0.5) is 22.0 Å². The number of rotatable bonds is 6. The van der Waals surface area contributed by atoms with Crippen molar-refractivity contribution < 1.29 is 36.2 Å². The summed E-state index contributed by atoms with van der Waals surface area (Å²) in [6, 6.07) is 0. The van der Waals surface area contributed by atoms with Gasteiger partial charge in [0.1, 0.15) is 6.10 Å². The molecule has 0 radical (unpaired) electrons. The lowest BCUT2D eigenvalue weighted by Crippen LogP contribution is -2.62. The van der Waals surface area contributed by atoms with Crippen LogP contribution in [0.5, 0.6) is 0 Å². The summed E-state index contributed by atoms with van der Waals surface area (Å²) in [6.45, 7) is 2.59. The first-order valence-corrected chi connectivity index (χ1v) is 5.03. The van der Waals surface area contributed by atoms with Crippen LogP contribution >= 0.6 is 0 Å². The Morgan fingerprint density at radius 2 is 2.00 bits per heavy atom. The van der Waals surface area contributed by atoms with E-state index in [1.807, 2.05) is 0 Å². The number of hydrogen-bond acceptors (Lipinski definition) is 3. The van der Waals surface area contributed by atoms with Crippen molar-refractivity contribution in [2.24, 2.45) is 0 Å². The average molecular weight is 274 g/mol. The van der Waals surface area contributed by atoms with Gasteiger partial charge in [0.25, 0.3) is 0 Å². The quantitative estimate of drug-likeness (QED) is 0.549. The number of ether oxygens (including phenoxy) is 2. The van der Waals surface area contributed by atoms with E-state index >= 15 is 0 Å². The van der Waals surface area contributed by atoms with E-state index in [1.54, 1.807) is 0 Å². The zero-order valence-corrected chi connectivity index (χ0v) is 9.18. The van der Waals surface area contributed by atoms with Crippen molar-refractivity contribution in [3.63, 3.8) is 0 Å². The zero-order valence-electron chi connectivity index (χ0n) is 9.18. The van der Waals surface area contributed by atoms with Gasteiger partial charge in [-0.05, 0) is 6.08 Å². The Hall–Kier alpha value is -1.02. The van der Waals surface area contributed by atoms with E-state index in [2.05, 4.69) is 11.3 Å². The maximum absolute atomic E-state index is 12.9. The zero-order chi connectivity index (χ0) is 14.0. The molecule has 0 bridgehead atoms. The Bertz CT molecular complexity index is 326. The molecule has 1 rings (SSSR count). The van der Waals surface area contributed by atoms with E-state index in [1.165, 1.54) is 0 Å². The van der Waals surface area contributed by atoms with E-state index in [4.69, 9.17) is 4.74 Å². The number of ketones is 1. The number of halogens is 5. The van der Waals surface area contributed by atoms with Gasteiger partial charge in [-0.2, -0.15) is 22.0 Å². The topological polar surface area (TPSA) is 35.5 Å². The summed E-state index contributed by atoms with van der Waals surface area (Å²) in [6.07, 6.45) is -8.50. The first-order valence-electron chi connectivity index (χ1n) is 5.03. The fourth-order valence-corrected chi connectivity index (χ4v) is 1.32. The van der Waals surface area contributed by atoms with Crippen LogP contribution in [0.1, 0.15) is 6.42 Å². The molecule has 3 nitrogen and oxygen atoms in total. The number of alkyl halides is 5. The Morgan fingerprint density at radius 1 is 1.39 bits per heavy atom. The lowest BCUT2D eigenvalue weighted by molar-refractivity contribution is -0.362. The van der Waals surface area contributed by atoms with Gasteiger partial charge in [0, 0.05) is 6.42 Å². The molecule has 0 aliphatic carbocycles. The fraction of sp³-hybridized carbons (Fsp3) is 0.700. The largest absolute Gasteiger partial charge is 0.456 e. The summed E-state index contributed by atoms with van der Waals surface area (Å²) >= 11 is 0. The molecular formula is C10H11F5O3. The monoisotopic (exact) mass is 274 g/mol. The standard InChI is InChI=1S/C10H11F5O3/c1-2-6(16)3-4-17-7-5-18-8(7)9(11,12)10(13,14)15/h2,7-8H,1,3-5H2. The van der Waals surface area contributed by atoms with E-state index in [9.17, 15) is 26.7 Å². The molecule has 2 atom stereocenters. The summed E-state index contributed by atoms with van der Waals surface area (Å²) in [5, 5.41) is 0. The SMILES string of the molecule is C=CC(=O)CCOC1COC1C(F)(F)C(F)(F)F. The highest BCUT2D eigenvalue weighted by Crippen LogP contribution is 2.43. The Kier molecular flexibility index (Phi) is 4.44. The molecule has 104 valence electrons. The van der Waals surface area contributed by atoms with Gasteiger partial charge in [-0.1, -0.05) is 6.58 Å². The summed E-state index contributed by atoms with van der Waals surface area (Å²) < 4.78 is 70.8. The molecule has 0 spiro atoms. The van der Waals surface area contributed by atoms with Crippen molar-refractivity contribution >= 4 is 5.78 Å². The van der Waals surface area contributed by atoms with Gasteiger partial charge < -0.3 is 9.47 Å². The average Bonchev–Trinajstić information content (AvgIpc) is 2.19. The first kappa shape index (κ1) is 15.0. The van der Waals surface area contributed by atoms with E-state index < -0.39 is 24.3 Å². The number of carbonyl (C=O) groups excluding carboxylic acids is 1. The molecule has 18 heavy (non-hydrogen) atoms. The second-order valence-corrected chi connectivity index (χ2v) is 3.70. The third-order valence-electron chi connectivity index (χ3n) is 2.42. The second kappa shape index (κ2) is 5.31. The first-order chi connectivity index (χ1) is 8.20. The van der Waals surface area contributed by atoms with Crippen molar-refractivity contribution in [1.82, 2.24) is 0 Å². The molecular weight excluding hydrogens is 263 g/mol. The molecule has 1 fully saturated rings. The summed E-state index contributed by atoms with van der Waals surface area (Å²) in [4.78, 5) is 10.8. The third kappa shape index (κ3) is 3.05. The molecule has 0 amide bonds. The van der Waals surface area contributed by atoms with Gasteiger partial charge in [-0.25, -0.2) is 0 Å². The maximum atomic E-state index is 12.9. The van der Waals surface area contributed by atoms with Crippen molar-refractivity contribution in [1.29, 1.82) is 0 Å². The number of allylic oxidation sites excluding steroid dienone is 1. The molecule has 0 N–H and O–H groups in total. The minimum absolute atomic E-state index is 0.121. The summed E-state index contributed by atoms with van der Waals surface area (Å²) in [7, 11) is 0. The van der Waals surface area contributed by atoms with Crippen molar-refractivity contribution in [2.45, 2.75) is 30.7 Å². The third-order valence-corrected chi connectivity index (χ3v) is 2.42. The van der Waals surface area contributed by atoms with Crippen LogP contribution in [0, 0.1) is 0 Å². The molecule has 2 unspecified atom stereocenters. The van der Waals surface area contributed by atoms with Crippen LogP contribution < -0.4 is 0 Å². The van der Waals surface area contributed by atoms with Crippen LogP contribution in [0.25, 0.3) is 0 Å². The van der Waals surface area contributed by atoms with Gasteiger partial charge in [0.2, 0.25) is 0 Å². The van der Waals surface area contributed by atoms with E-state index in [-0.39, 0.29) is 25.4 Å². The second-order valence-electron chi connectivity index (χ2n) is 3.70. The van der Waals surface area contributed by atoms with Crippen LogP contribution in [-0.2, 0) is 14.3 Å². The van der Waals surface area contributed by atoms with Gasteiger partial charge in [0.05, 0.1) is 13.2 Å². The number of carbonyl (C=O) groups is 1.